The molecule has 1 fully saturated rings. The van der Waals surface area contributed by atoms with Crippen LogP contribution in [0.1, 0.15) is 12.0 Å². The third-order valence-electron chi connectivity index (χ3n) is 3.82. The number of rotatable bonds is 1. The smallest absolute Gasteiger partial charge is 0.160 e. The van der Waals surface area contributed by atoms with Crippen molar-refractivity contribution in [1.82, 2.24) is 4.90 Å². The number of hydrogen-bond donors (Lipinski definition) is 1. The van der Waals surface area contributed by atoms with Crippen LogP contribution < -0.4 is 5.32 Å². The Labute approximate surface area is 105 Å². The lowest BCUT2D eigenvalue weighted by molar-refractivity contribution is 0.409. The molecule has 0 radical (unpaired) electrons. The average Bonchev–Trinajstić information content (AvgIpc) is 2.77. The average molecular weight is 250 g/mol. The fourth-order valence-corrected chi connectivity index (χ4v) is 2.89. The molecule has 0 saturated carbocycles. The third-order valence-corrected chi connectivity index (χ3v) is 3.82. The summed E-state index contributed by atoms with van der Waals surface area (Å²) in [6.07, 6.45) is 3.18. The molecule has 1 aromatic carbocycles. The van der Waals surface area contributed by atoms with Gasteiger partial charge in [-0.25, -0.2) is 8.78 Å². The van der Waals surface area contributed by atoms with Crippen LogP contribution in [-0.2, 0) is 0 Å². The normalized spacial score (nSPS) is 23.5. The van der Waals surface area contributed by atoms with Gasteiger partial charge < -0.3 is 10.2 Å². The van der Waals surface area contributed by atoms with Crippen molar-refractivity contribution >= 4 is 11.3 Å². The van der Waals surface area contributed by atoms with Crippen LogP contribution in [0.2, 0.25) is 0 Å². The maximum atomic E-state index is 13.4. The summed E-state index contributed by atoms with van der Waals surface area (Å²) < 4.78 is 26.6. The summed E-state index contributed by atoms with van der Waals surface area (Å²) >= 11 is 0. The summed E-state index contributed by atoms with van der Waals surface area (Å²) in [7, 11) is 2.09. The van der Waals surface area contributed by atoms with Gasteiger partial charge in [0.05, 0.1) is 0 Å². The number of nitrogens with one attached hydrogen (secondary N) is 1. The predicted molar refractivity (Wildman–Crippen MR) is 68.4 cm³/mol. The summed E-state index contributed by atoms with van der Waals surface area (Å²) in [5.41, 5.74) is 2.69. The Bertz CT molecular complexity index is 511. The lowest BCUT2D eigenvalue weighted by Crippen LogP contribution is -2.18. The number of likely N-dealkylation sites (tertiary alicyclic amines) is 1. The topological polar surface area (TPSA) is 15.3 Å². The summed E-state index contributed by atoms with van der Waals surface area (Å²) in [5, 5.41) is 3.10. The first-order chi connectivity index (χ1) is 8.65. The van der Waals surface area contributed by atoms with Gasteiger partial charge in [-0.15, -0.1) is 0 Å². The molecule has 1 atom stereocenters. The van der Waals surface area contributed by atoms with E-state index in [0.29, 0.717) is 18.2 Å². The molecule has 1 N–H and O–H groups in total. The Morgan fingerprint density at radius 3 is 2.78 bits per heavy atom. The standard InChI is InChI=1S/C14H16F2N2/c1-18-5-3-9(8-18)10-2-4-17-14-7-13(16)12(15)6-11(10)14/h2,6-7,9,17H,3-5,8H2,1H3/t9-/m0/s1. The first kappa shape index (κ1) is 11.7. The molecule has 0 unspecified atom stereocenters. The molecule has 0 aliphatic carbocycles. The van der Waals surface area contributed by atoms with Gasteiger partial charge in [-0.05, 0) is 37.6 Å². The minimum Gasteiger partial charge on any atom is -0.381 e. The molecule has 2 aliphatic heterocycles. The monoisotopic (exact) mass is 250 g/mol. The van der Waals surface area contributed by atoms with E-state index in [1.165, 1.54) is 12.1 Å². The fourth-order valence-electron chi connectivity index (χ4n) is 2.89. The quantitative estimate of drug-likeness (QED) is 0.824. The molecule has 18 heavy (non-hydrogen) atoms. The molecule has 1 aromatic rings. The van der Waals surface area contributed by atoms with E-state index in [0.717, 1.165) is 30.6 Å². The van der Waals surface area contributed by atoms with E-state index in [9.17, 15) is 8.78 Å². The highest BCUT2D eigenvalue weighted by Gasteiger charge is 2.27. The molecule has 3 rings (SSSR count). The van der Waals surface area contributed by atoms with Crippen molar-refractivity contribution in [3.8, 4) is 0 Å². The lowest BCUT2D eigenvalue weighted by Gasteiger charge is -2.23. The highest BCUT2D eigenvalue weighted by molar-refractivity contribution is 5.80. The molecule has 0 amide bonds. The van der Waals surface area contributed by atoms with Crippen LogP contribution in [0.5, 0.6) is 0 Å². The van der Waals surface area contributed by atoms with Crippen molar-refractivity contribution in [2.45, 2.75) is 6.42 Å². The van der Waals surface area contributed by atoms with Crippen LogP contribution >= 0.6 is 0 Å². The highest BCUT2D eigenvalue weighted by atomic mass is 19.2. The third kappa shape index (κ3) is 1.90. The Kier molecular flexibility index (Phi) is 2.82. The molecule has 4 heteroatoms. The Morgan fingerprint density at radius 2 is 2.06 bits per heavy atom. The van der Waals surface area contributed by atoms with E-state index in [2.05, 4.69) is 23.3 Å². The van der Waals surface area contributed by atoms with Crippen LogP contribution in [-0.4, -0.2) is 31.6 Å². The van der Waals surface area contributed by atoms with Gasteiger partial charge in [-0.2, -0.15) is 0 Å². The number of anilines is 1. The highest BCUT2D eigenvalue weighted by Crippen LogP contribution is 2.37. The van der Waals surface area contributed by atoms with Crippen LogP contribution in [0.25, 0.3) is 5.57 Å². The molecule has 0 bridgehead atoms. The van der Waals surface area contributed by atoms with Crippen LogP contribution in [0.4, 0.5) is 14.5 Å². The molecule has 1 saturated heterocycles. The Hall–Kier alpha value is -1.42. The maximum absolute atomic E-state index is 13.4. The van der Waals surface area contributed by atoms with Crippen molar-refractivity contribution in [3.05, 3.63) is 35.4 Å². The zero-order valence-corrected chi connectivity index (χ0v) is 10.3. The second kappa shape index (κ2) is 4.35. The fraction of sp³-hybridized carbons (Fsp3) is 0.429. The number of fused-ring (bicyclic) bond motifs is 1. The summed E-state index contributed by atoms with van der Waals surface area (Å²) in [4.78, 5) is 2.27. The minimum absolute atomic E-state index is 0.431. The van der Waals surface area contributed by atoms with Crippen molar-refractivity contribution in [2.24, 2.45) is 5.92 Å². The van der Waals surface area contributed by atoms with Gasteiger partial charge in [0.15, 0.2) is 11.6 Å². The van der Waals surface area contributed by atoms with Crippen molar-refractivity contribution in [3.63, 3.8) is 0 Å². The van der Waals surface area contributed by atoms with Gasteiger partial charge in [0, 0.05) is 30.4 Å². The van der Waals surface area contributed by atoms with Gasteiger partial charge in [0.1, 0.15) is 0 Å². The molecule has 0 spiro atoms. The first-order valence-electron chi connectivity index (χ1n) is 6.27. The van der Waals surface area contributed by atoms with E-state index in [-0.39, 0.29) is 0 Å². The molecule has 2 heterocycles. The second-order valence-electron chi connectivity index (χ2n) is 5.10. The van der Waals surface area contributed by atoms with E-state index in [1.54, 1.807) is 0 Å². The van der Waals surface area contributed by atoms with E-state index in [1.807, 2.05) is 0 Å². The van der Waals surface area contributed by atoms with Gasteiger partial charge >= 0.3 is 0 Å². The summed E-state index contributed by atoms with van der Waals surface area (Å²) in [6, 6.07) is 2.58. The molecule has 0 aromatic heterocycles. The number of hydrogen-bond acceptors (Lipinski definition) is 2. The molecule has 2 nitrogen and oxygen atoms in total. The molecular weight excluding hydrogens is 234 g/mol. The van der Waals surface area contributed by atoms with Crippen LogP contribution in [0.3, 0.4) is 0 Å². The van der Waals surface area contributed by atoms with Crippen molar-refractivity contribution < 1.29 is 8.78 Å². The molecule has 2 aliphatic rings. The number of halogens is 2. The number of nitrogens with zero attached hydrogens (tertiary/aromatic N) is 1. The van der Waals surface area contributed by atoms with Crippen LogP contribution in [0, 0.1) is 17.6 Å². The van der Waals surface area contributed by atoms with Gasteiger partial charge in [-0.1, -0.05) is 6.08 Å². The first-order valence-corrected chi connectivity index (χ1v) is 6.27. The second-order valence-corrected chi connectivity index (χ2v) is 5.10. The maximum Gasteiger partial charge on any atom is 0.160 e. The molecular formula is C14H16F2N2. The van der Waals surface area contributed by atoms with Gasteiger partial charge in [0.25, 0.3) is 0 Å². The van der Waals surface area contributed by atoms with Crippen molar-refractivity contribution in [2.75, 3.05) is 32.0 Å². The SMILES string of the molecule is CN1CC[C@H](C2=CCNc3cc(F)c(F)cc32)C1. The lowest BCUT2D eigenvalue weighted by atomic mass is 9.88. The van der Waals surface area contributed by atoms with E-state index in [4.69, 9.17) is 0 Å². The zero-order valence-electron chi connectivity index (χ0n) is 10.3. The Morgan fingerprint density at radius 1 is 1.28 bits per heavy atom. The Balaban J connectivity index is 1.99. The van der Waals surface area contributed by atoms with Gasteiger partial charge in [0.2, 0.25) is 0 Å². The van der Waals surface area contributed by atoms with Gasteiger partial charge in [-0.3, -0.25) is 0 Å². The van der Waals surface area contributed by atoms with Crippen LogP contribution in [0.15, 0.2) is 18.2 Å². The molecule has 96 valence electrons. The van der Waals surface area contributed by atoms with Crippen molar-refractivity contribution in [1.29, 1.82) is 0 Å². The predicted octanol–water partition coefficient (Wildman–Crippen LogP) is 2.73. The summed E-state index contributed by atoms with van der Waals surface area (Å²) in [6.45, 7) is 2.74. The number of benzene rings is 1. The largest absolute Gasteiger partial charge is 0.381 e. The minimum atomic E-state index is -0.786. The van der Waals surface area contributed by atoms with E-state index >= 15 is 0 Å². The van der Waals surface area contributed by atoms with E-state index < -0.39 is 11.6 Å². The zero-order chi connectivity index (χ0) is 12.7. The summed E-state index contributed by atoms with van der Waals surface area (Å²) in [5.74, 6) is -1.12.